The van der Waals surface area contributed by atoms with E-state index in [2.05, 4.69) is 17.4 Å². The van der Waals surface area contributed by atoms with Crippen LogP contribution in [-0.2, 0) is 27.5 Å². The maximum Gasteiger partial charge on any atom is 0.314 e. The lowest BCUT2D eigenvalue weighted by Gasteiger charge is -2.27. The first-order chi connectivity index (χ1) is 12.3. The lowest BCUT2D eigenvalue weighted by atomic mass is 10.1. The van der Waals surface area contributed by atoms with Gasteiger partial charge in [0, 0.05) is 6.54 Å². The van der Waals surface area contributed by atoms with E-state index < -0.39 is 0 Å². The molecule has 3 rings (SSSR count). The zero-order valence-electron chi connectivity index (χ0n) is 14.0. The molecule has 0 aliphatic carbocycles. The zero-order chi connectivity index (χ0) is 17.3. The second kappa shape index (κ2) is 9.01. The lowest BCUT2D eigenvalue weighted by Crippen LogP contribution is -2.40. The Balaban J connectivity index is 1.42. The van der Waals surface area contributed by atoms with Gasteiger partial charge in [-0.25, -0.2) is 0 Å². The molecule has 0 saturated carbocycles. The third-order valence-electron chi connectivity index (χ3n) is 3.91. The summed E-state index contributed by atoms with van der Waals surface area (Å²) in [4.78, 5) is 17.7. The summed E-state index contributed by atoms with van der Waals surface area (Å²) < 4.78 is 5.40. The second-order valence-corrected chi connectivity index (χ2v) is 5.87. The van der Waals surface area contributed by atoms with Crippen LogP contribution in [0.4, 0.5) is 0 Å². The van der Waals surface area contributed by atoms with E-state index in [1.165, 1.54) is 5.56 Å². The molecule has 0 radical (unpaired) electrons. The van der Waals surface area contributed by atoms with E-state index in [1.54, 1.807) is 17.4 Å². The van der Waals surface area contributed by atoms with Crippen LogP contribution in [0.3, 0.4) is 0 Å². The molecule has 25 heavy (non-hydrogen) atoms. The van der Waals surface area contributed by atoms with Crippen molar-refractivity contribution in [1.82, 2.24) is 10.4 Å². The van der Waals surface area contributed by atoms with Gasteiger partial charge in [-0.15, -0.1) is 5.06 Å². The summed E-state index contributed by atoms with van der Waals surface area (Å²) in [5.74, 6) is -0.563. The van der Waals surface area contributed by atoms with E-state index in [-0.39, 0.29) is 18.5 Å². The molecule has 0 spiro atoms. The Morgan fingerprint density at radius 2 is 1.76 bits per heavy atom. The minimum atomic E-state index is -0.323. The van der Waals surface area contributed by atoms with Gasteiger partial charge >= 0.3 is 5.97 Å². The smallest absolute Gasteiger partial charge is 0.314 e. The van der Waals surface area contributed by atoms with Gasteiger partial charge < -0.3 is 9.57 Å². The number of hydrogen-bond acceptors (Lipinski definition) is 5. The number of nitrogens with zero attached hydrogens (tertiary/aromatic N) is 1. The molecule has 2 aromatic carbocycles. The van der Waals surface area contributed by atoms with Gasteiger partial charge in [0.1, 0.15) is 12.9 Å². The standard InChI is InChI=1S/C20H22N2O3/c23-20(24-15-18-9-5-2-6-10-18)19-11-12-25-22(14-19)16-21-13-17-7-3-1-4-8-17/h1-12,19,21H,13-16H2. The first-order valence-corrected chi connectivity index (χ1v) is 8.35. The van der Waals surface area contributed by atoms with Crippen LogP contribution in [0.15, 0.2) is 73.0 Å². The summed E-state index contributed by atoms with van der Waals surface area (Å²) in [5, 5.41) is 5.02. The van der Waals surface area contributed by atoms with Crippen LogP contribution < -0.4 is 5.32 Å². The van der Waals surface area contributed by atoms with Gasteiger partial charge in [0.25, 0.3) is 0 Å². The third kappa shape index (κ3) is 5.45. The van der Waals surface area contributed by atoms with Crippen LogP contribution in [0.5, 0.6) is 0 Å². The highest BCUT2D eigenvalue weighted by molar-refractivity contribution is 5.74. The van der Waals surface area contributed by atoms with Crippen molar-refractivity contribution in [3.8, 4) is 0 Å². The highest BCUT2D eigenvalue weighted by Gasteiger charge is 2.24. The van der Waals surface area contributed by atoms with E-state index in [4.69, 9.17) is 9.57 Å². The average molecular weight is 338 g/mol. The largest absolute Gasteiger partial charge is 0.460 e. The molecule has 130 valence electrons. The van der Waals surface area contributed by atoms with Crippen molar-refractivity contribution in [3.05, 3.63) is 84.1 Å². The van der Waals surface area contributed by atoms with Crippen molar-refractivity contribution >= 4 is 5.97 Å². The molecular formula is C20H22N2O3. The summed E-state index contributed by atoms with van der Waals surface area (Å²) in [6, 6.07) is 19.8. The van der Waals surface area contributed by atoms with Crippen molar-refractivity contribution < 1.29 is 14.4 Å². The summed E-state index contributed by atoms with van der Waals surface area (Å²) in [6.07, 6.45) is 3.28. The summed E-state index contributed by atoms with van der Waals surface area (Å²) in [7, 11) is 0. The molecule has 0 amide bonds. The second-order valence-electron chi connectivity index (χ2n) is 5.87. The summed E-state index contributed by atoms with van der Waals surface area (Å²) in [6.45, 7) is 2.03. The molecule has 0 saturated heterocycles. The van der Waals surface area contributed by atoms with Crippen molar-refractivity contribution in [2.45, 2.75) is 13.2 Å². The highest BCUT2D eigenvalue weighted by Crippen LogP contribution is 2.13. The molecule has 5 heteroatoms. The Morgan fingerprint density at radius 3 is 2.48 bits per heavy atom. The Morgan fingerprint density at radius 1 is 1.08 bits per heavy atom. The molecule has 0 aromatic heterocycles. The third-order valence-corrected chi connectivity index (χ3v) is 3.91. The molecule has 5 nitrogen and oxygen atoms in total. The molecule has 1 aliphatic rings. The Kier molecular flexibility index (Phi) is 6.20. The quantitative estimate of drug-likeness (QED) is 0.787. The molecule has 1 heterocycles. The predicted octanol–water partition coefficient (Wildman–Crippen LogP) is 2.85. The number of esters is 1. The van der Waals surface area contributed by atoms with Crippen LogP contribution >= 0.6 is 0 Å². The number of carbonyl (C=O) groups is 1. The van der Waals surface area contributed by atoms with Gasteiger partial charge in [-0.05, 0) is 17.2 Å². The molecule has 2 aromatic rings. The van der Waals surface area contributed by atoms with Crippen LogP contribution in [0, 0.1) is 5.92 Å². The van der Waals surface area contributed by atoms with E-state index in [0.717, 1.165) is 12.1 Å². The van der Waals surface area contributed by atoms with E-state index in [9.17, 15) is 4.79 Å². The average Bonchev–Trinajstić information content (AvgIpc) is 2.68. The van der Waals surface area contributed by atoms with Crippen LogP contribution in [-0.4, -0.2) is 24.2 Å². The zero-order valence-corrected chi connectivity index (χ0v) is 14.0. The number of hydroxylamine groups is 2. The van der Waals surface area contributed by atoms with Gasteiger partial charge in [0.15, 0.2) is 0 Å². The van der Waals surface area contributed by atoms with Crippen molar-refractivity contribution in [2.24, 2.45) is 5.92 Å². The van der Waals surface area contributed by atoms with Crippen LogP contribution in [0.25, 0.3) is 0 Å². The van der Waals surface area contributed by atoms with E-state index >= 15 is 0 Å². The fourth-order valence-corrected chi connectivity index (χ4v) is 2.55. The minimum Gasteiger partial charge on any atom is -0.460 e. The SMILES string of the molecule is O=C(OCc1ccccc1)C1C=CON(CNCc2ccccc2)C1. The number of carbonyl (C=O) groups excluding carboxylic acids is 1. The fourth-order valence-electron chi connectivity index (χ4n) is 2.55. The van der Waals surface area contributed by atoms with Gasteiger partial charge in [0.05, 0.1) is 19.1 Å². The summed E-state index contributed by atoms with van der Waals surface area (Å²) in [5.41, 5.74) is 2.18. The van der Waals surface area contributed by atoms with Gasteiger partial charge in [-0.1, -0.05) is 60.7 Å². The van der Waals surface area contributed by atoms with Crippen molar-refractivity contribution in [3.63, 3.8) is 0 Å². The highest BCUT2D eigenvalue weighted by atomic mass is 16.7. The van der Waals surface area contributed by atoms with Crippen molar-refractivity contribution in [1.29, 1.82) is 0 Å². The maximum absolute atomic E-state index is 12.2. The number of ether oxygens (including phenoxy) is 1. The fraction of sp³-hybridized carbons (Fsp3) is 0.250. The molecule has 1 N–H and O–H groups in total. The molecule has 1 aliphatic heterocycles. The van der Waals surface area contributed by atoms with Gasteiger partial charge in [-0.2, -0.15) is 0 Å². The Hall–Kier alpha value is -2.63. The predicted molar refractivity (Wildman–Crippen MR) is 94.8 cm³/mol. The molecule has 1 atom stereocenters. The van der Waals surface area contributed by atoms with Gasteiger partial charge in [-0.3, -0.25) is 10.1 Å². The van der Waals surface area contributed by atoms with Crippen LogP contribution in [0.1, 0.15) is 11.1 Å². The maximum atomic E-state index is 12.2. The lowest BCUT2D eigenvalue weighted by molar-refractivity contribution is -0.161. The van der Waals surface area contributed by atoms with Gasteiger partial charge in [0.2, 0.25) is 0 Å². The summed E-state index contributed by atoms with van der Waals surface area (Å²) >= 11 is 0. The first kappa shape index (κ1) is 17.2. The minimum absolute atomic E-state index is 0.239. The monoisotopic (exact) mass is 338 g/mol. The van der Waals surface area contributed by atoms with E-state index in [0.29, 0.717) is 13.2 Å². The van der Waals surface area contributed by atoms with E-state index in [1.807, 2.05) is 48.5 Å². The molecule has 0 bridgehead atoms. The van der Waals surface area contributed by atoms with Crippen LogP contribution in [0.2, 0.25) is 0 Å². The molecule has 0 fully saturated rings. The first-order valence-electron chi connectivity index (χ1n) is 8.35. The molecule has 1 unspecified atom stereocenters. The normalized spacial score (nSPS) is 17.0. The van der Waals surface area contributed by atoms with Crippen molar-refractivity contribution in [2.75, 3.05) is 13.2 Å². The topological polar surface area (TPSA) is 50.8 Å². The Labute approximate surface area is 147 Å². The number of benzene rings is 2. The number of nitrogens with one attached hydrogen (secondary N) is 1. The number of rotatable bonds is 7. The number of hydrogen-bond donors (Lipinski definition) is 1. The Bertz CT molecular complexity index is 689. The molecular weight excluding hydrogens is 316 g/mol.